The minimum atomic E-state index is -0.311. The van der Waals surface area contributed by atoms with E-state index >= 15 is 0 Å². The first kappa shape index (κ1) is 23.1. The van der Waals surface area contributed by atoms with E-state index in [1.54, 1.807) is 0 Å². The number of rotatable bonds is 5. The van der Waals surface area contributed by atoms with Gasteiger partial charge in [-0.2, -0.15) is 0 Å². The number of aryl methyl sites for hydroxylation is 1. The molecule has 176 valence electrons. The van der Waals surface area contributed by atoms with E-state index in [9.17, 15) is 4.79 Å². The van der Waals surface area contributed by atoms with Crippen molar-refractivity contribution < 1.29 is 4.79 Å². The summed E-state index contributed by atoms with van der Waals surface area (Å²) in [5, 5.41) is 0. The Bertz CT molecular complexity index is 1320. The molecule has 3 nitrogen and oxygen atoms in total. The molecular formula is C32H32N2O. The van der Waals surface area contributed by atoms with Crippen LogP contribution in [0.2, 0.25) is 0 Å². The summed E-state index contributed by atoms with van der Waals surface area (Å²) < 4.78 is 0. The second kappa shape index (κ2) is 9.52. The van der Waals surface area contributed by atoms with Gasteiger partial charge in [-0.05, 0) is 72.2 Å². The first-order valence-electron chi connectivity index (χ1n) is 12.3. The highest BCUT2D eigenvalue weighted by Crippen LogP contribution is 2.34. The summed E-state index contributed by atoms with van der Waals surface area (Å²) >= 11 is 0. The monoisotopic (exact) mass is 460 g/mol. The van der Waals surface area contributed by atoms with Crippen LogP contribution in [0.15, 0.2) is 97.1 Å². The fourth-order valence-corrected chi connectivity index (χ4v) is 4.88. The van der Waals surface area contributed by atoms with Crippen molar-refractivity contribution in [3.63, 3.8) is 0 Å². The van der Waals surface area contributed by atoms with Crippen LogP contribution in [0.3, 0.4) is 0 Å². The minimum Gasteiger partial charge on any atom is -0.337 e. The molecule has 1 fully saturated rings. The van der Waals surface area contributed by atoms with Crippen molar-refractivity contribution in [1.82, 2.24) is 4.90 Å². The van der Waals surface area contributed by atoms with E-state index in [2.05, 4.69) is 91.9 Å². The Morgan fingerprint density at radius 1 is 0.829 bits per heavy atom. The predicted octanol–water partition coefficient (Wildman–Crippen LogP) is 6.48. The first-order valence-corrected chi connectivity index (χ1v) is 12.3. The van der Waals surface area contributed by atoms with Crippen LogP contribution in [0, 0.1) is 6.92 Å². The number of hydrogen-bond acceptors (Lipinski definition) is 2. The lowest BCUT2D eigenvalue weighted by atomic mass is 9.91. The van der Waals surface area contributed by atoms with Crippen LogP contribution in [-0.2, 0) is 6.42 Å². The van der Waals surface area contributed by atoms with Gasteiger partial charge in [0.25, 0.3) is 5.91 Å². The molecule has 1 heterocycles. The van der Waals surface area contributed by atoms with Crippen molar-refractivity contribution in [3.8, 4) is 22.3 Å². The largest absolute Gasteiger partial charge is 0.337 e. The highest BCUT2D eigenvalue weighted by Gasteiger charge is 2.33. The maximum absolute atomic E-state index is 13.3. The molecular weight excluding hydrogens is 428 g/mol. The molecule has 4 aromatic rings. The highest BCUT2D eigenvalue weighted by atomic mass is 16.2. The van der Waals surface area contributed by atoms with Gasteiger partial charge in [0.1, 0.15) is 0 Å². The summed E-state index contributed by atoms with van der Waals surface area (Å²) in [6.45, 7) is 5.41. The molecule has 0 unspecified atom stereocenters. The fourth-order valence-electron chi connectivity index (χ4n) is 4.88. The van der Waals surface area contributed by atoms with Crippen LogP contribution in [0.5, 0.6) is 0 Å². The molecule has 2 N–H and O–H groups in total. The van der Waals surface area contributed by atoms with E-state index in [1.165, 1.54) is 16.7 Å². The van der Waals surface area contributed by atoms with Crippen LogP contribution in [0.4, 0.5) is 0 Å². The van der Waals surface area contributed by atoms with E-state index in [0.717, 1.165) is 35.1 Å². The van der Waals surface area contributed by atoms with E-state index in [4.69, 9.17) is 5.73 Å². The van der Waals surface area contributed by atoms with Crippen LogP contribution in [0.1, 0.15) is 40.4 Å². The molecule has 35 heavy (non-hydrogen) atoms. The van der Waals surface area contributed by atoms with Gasteiger partial charge < -0.3 is 10.6 Å². The molecule has 0 bridgehead atoms. The Hall–Kier alpha value is -3.69. The first-order chi connectivity index (χ1) is 16.9. The standard InChI is InChI=1S/C32H32N2O/c1-23-8-12-26(13-9-23)29-17-16-28(31(35)34-19-18-32(2,33)22-34)21-30(29)27-14-10-25(11-15-27)20-24-6-4-3-5-7-24/h3-17,21H,18-20,22,33H2,1-2H3/t32-/m0/s1. The Morgan fingerprint density at radius 3 is 2.11 bits per heavy atom. The van der Waals surface area contributed by atoms with Gasteiger partial charge in [0.05, 0.1) is 0 Å². The second-order valence-electron chi connectivity index (χ2n) is 10.1. The molecule has 1 saturated heterocycles. The minimum absolute atomic E-state index is 0.0524. The average molecular weight is 461 g/mol. The molecule has 0 aliphatic carbocycles. The molecule has 0 aromatic heterocycles. The van der Waals surface area contributed by atoms with Crippen LogP contribution < -0.4 is 5.73 Å². The van der Waals surface area contributed by atoms with Crippen molar-refractivity contribution in [2.45, 2.75) is 32.2 Å². The summed E-state index contributed by atoms with van der Waals surface area (Å²) in [5.74, 6) is 0.0524. The quantitative estimate of drug-likeness (QED) is 0.370. The van der Waals surface area contributed by atoms with Gasteiger partial charge in [0.2, 0.25) is 0 Å². The Balaban J connectivity index is 1.51. The molecule has 1 aliphatic rings. The summed E-state index contributed by atoms with van der Waals surface area (Å²) in [4.78, 5) is 15.2. The zero-order valence-electron chi connectivity index (χ0n) is 20.5. The summed E-state index contributed by atoms with van der Waals surface area (Å²) in [5.41, 5.74) is 14.9. The molecule has 1 amide bonds. The normalized spacial score (nSPS) is 17.5. The van der Waals surface area contributed by atoms with Gasteiger partial charge in [0.15, 0.2) is 0 Å². The van der Waals surface area contributed by atoms with Crippen LogP contribution in [0.25, 0.3) is 22.3 Å². The van der Waals surface area contributed by atoms with E-state index < -0.39 is 0 Å². The zero-order valence-corrected chi connectivity index (χ0v) is 20.5. The van der Waals surface area contributed by atoms with Crippen molar-refractivity contribution in [1.29, 1.82) is 0 Å². The smallest absolute Gasteiger partial charge is 0.253 e. The Kier molecular flexibility index (Phi) is 6.27. The van der Waals surface area contributed by atoms with Gasteiger partial charge in [-0.1, -0.05) is 90.5 Å². The molecule has 0 saturated carbocycles. The summed E-state index contributed by atoms with van der Waals surface area (Å²) in [6, 6.07) is 33.9. The molecule has 0 spiro atoms. The number of nitrogens with two attached hydrogens (primary N) is 1. The van der Waals surface area contributed by atoms with Gasteiger partial charge in [-0.25, -0.2) is 0 Å². The van der Waals surface area contributed by atoms with E-state index in [-0.39, 0.29) is 11.4 Å². The van der Waals surface area contributed by atoms with Crippen LogP contribution in [-0.4, -0.2) is 29.4 Å². The zero-order chi connectivity index (χ0) is 24.4. The van der Waals surface area contributed by atoms with Crippen molar-refractivity contribution >= 4 is 5.91 Å². The lowest BCUT2D eigenvalue weighted by Crippen LogP contribution is -2.40. The Labute approximate surface area is 208 Å². The number of hydrogen-bond donors (Lipinski definition) is 1. The number of likely N-dealkylation sites (tertiary alicyclic amines) is 1. The summed E-state index contributed by atoms with van der Waals surface area (Å²) in [6.07, 6.45) is 1.73. The third kappa shape index (κ3) is 5.21. The third-order valence-corrected chi connectivity index (χ3v) is 6.94. The van der Waals surface area contributed by atoms with Gasteiger partial charge in [0, 0.05) is 24.2 Å². The topological polar surface area (TPSA) is 46.3 Å². The van der Waals surface area contributed by atoms with Crippen molar-refractivity contribution in [3.05, 3.63) is 119 Å². The van der Waals surface area contributed by atoms with Gasteiger partial charge >= 0.3 is 0 Å². The maximum Gasteiger partial charge on any atom is 0.253 e. The number of carbonyl (C=O) groups excluding carboxylic acids is 1. The lowest BCUT2D eigenvalue weighted by Gasteiger charge is -2.21. The van der Waals surface area contributed by atoms with E-state index in [0.29, 0.717) is 18.7 Å². The SMILES string of the molecule is Cc1ccc(-c2ccc(C(=O)N3CC[C@](C)(N)C3)cc2-c2ccc(Cc3ccccc3)cc2)cc1. The third-order valence-electron chi connectivity index (χ3n) is 6.94. The van der Waals surface area contributed by atoms with Gasteiger partial charge in [-0.15, -0.1) is 0 Å². The molecule has 4 aromatic carbocycles. The maximum atomic E-state index is 13.3. The lowest BCUT2D eigenvalue weighted by molar-refractivity contribution is 0.0785. The second-order valence-corrected chi connectivity index (χ2v) is 10.1. The number of nitrogens with zero attached hydrogens (tertiary/aromatic N) is 1. The van der Waals surface area contributed by atoms with E-state index in [1.807, 2.05) is 24.0 Å². The van der Waals surface area contributed by atoms with Crippen molar-refractivity contribution in [2.75, 3.05) is 13.1 Å². The molecule has 3 heteroatoms. The number of carbonyl (C=O) groups is 1. The fraction of sp³-hybridized carbons (Fsp3) is 0.219. The molecule has 0 radical (unpaired) electrons. The Morgan fingerprint density at radius 2 is 1.46 bits per heavy atom. The average Bonchev–Trinajstić information content (AvgIpc) is 3.24. The number of benzene rings is 4. The molecule has 1 atom stereocenters. The molecule has 1 aliphatic heterocycles. The van der Waals surface area contributed by atoms with Crippen LogP contribution >= 0.6 is 0 Å². The predicted molar refractivity (Wildman–Crippen MR) is 144 cm³/mol. The number of amides is 1. The molecule has 5 rings (SSSR count). The van der Waals surface area contributed by atoms with Crippen molar-refractivity contribution in [2.24, 2.45) is 5.73 Å². The highest BCUT2D eigenvalue weighted by molar-refractivity contribution is 5.98. The summed E-state index contributed by atoms with van der Waals surface area (Å²) in [7, 11) is 0. The van der Waals surface area contributed by atoms with Gasteiger partial charge in [-0.3, -0.25) is 4.79 Å².